The summed E-state index contributed by atoms with van der Waals surface area (Å²) in [7, 11) is 1.99. The van der Waals surface area contributed by atoms with Crippen LogP contribution in [0.2, 0.25) is 5.15 Å². The van der Waals surface area contributed by atoms with Crippen molar-refractivity contribution in [3.05, 3.63) is 76.7 Å². The van der Waals surface area contributed by atoms with Crippen molar-refractivity contribution in [2.24, 2.45) is 13.0 Å². The fraction of sp³-hybridized carbons (Fsp3) is 0.429. The number of fused-ring (bicyclic) bond motifs is 1. The van der Waals surface area contributed by atoms with Gasteiger partial charge in [0.15, 0.2) is 5.65 Å². The zero-order chi connectivity index (χ0) is 25.8. The van der Waals surface area contributed by atoms with Crippen LogP contribution in [0, 0.1) is 5.92 Å². The Labute approximate surface area is 221 Å². The number of benzene rings is 1. The van der Waals surface area contributed by atoms with Crippen LogP contribution in [0.5, 0.6) is 0 Å². The van der Waals surface area contributed by atoms with Crippen LogP contribution in [0.3, 0.4) is 0 Å². The van der Waals surface area contributed by atoms with Crippen molar-refractivity contribution in [3.63, 3.8) is 0 Å². The second-order valence-corrected chi connectivity index (χ2v) is 11.6. The highest BCUT2D eigenvalue weighted by Crippen LogP contribution is 2.51. The van der Waals surface area contributed by atoms with Crippen LogP contribution < -0.4 is 10.6 Å². The van der Waals surface area contributed by atoms with Crippen LogP contribution >= 0.6 is 11.6 Å². The molecule has 0 unspecified atom stereocenters. The number of halogens is 1. The molecule has 0 atom stereocenters. The standard InChI is InChI=1S/C28H32ClN7O/c1-18-12-28(13-18,26-34-32-17-35(26)3)20-6-4-7-21(11-20)33-25(37)22-10-19(14-31-27(2)8-5-9-27)16-36-23(29)15-30-24(22)36/h4,6-7,10-11,15-18,31H,5,8-9,12-14H2,1-3H3,(H,33,37). The molecule has 2 aliphatic rings. The minimum absolute atomic E-state index is 0.161. The van der Waals surface area contributed by atoms with Crippen LogP contribution in [0.1, 0.15) is 73.3 Å². The Hall–Kier alpha value is -3.23. The number of imidazole rings is 1. The highest BCUT2D eigenvalue weighted by molar-refractivity contribution is 6.30. The summed E-state index contributed by atoms with van der Waals surface area (Å²) < 4.78 is 3.78. The summed E-state index contributed by atoms with van der Waals surface area (Å²) in [6.45, 7) is 5.17. The Morgan fingerprint density at radius 1 is 1.24 bits per heavy atom. The molecule has 8 nitrogen and oxygen atoms in total. The van der Waals surface area contributed by atoms with Crippen molar-refractivity contribution >= 4 is 28.8 Å². The molecule has 0 saturated heterocycles. The Morgan fingerprint density at radius 2 is 2.05 bits per heavy atom. The number of hydrogen-bond donors (Lipinski definition) is 2. The van der Waals surface area contributed by atoms with Gasteiger partial charge in [0.25, 0.3) is 5.91 Å². The predicted octanol–water partition coefficient (Wildman–Crippen LogP) is 5.12. The SMILES string of the molecule is CC1CC(c2cccc(NC(=O)c3cc(CNC4(C)CCC4)cn4c(Cl)cnc34)c2)(c2nncn2C)C1. The summed E-state index contributed by atoms with van der Waals surface area (Å²) in [6, 6.07) is 10.0. The molecule has 2 aliphatic carbocycles. The van der Waals surface area contributed by atoms with E-state index in [1.165, 1.54) is 19.3 Å². The molecule has 2 N–H and O–H groups in total. The fourth-order valence-corrected chi connectivity index (χ4v) is 6.24. The van der Waals surface area contributed by atoms with E-state index in [9.17, 15) is 4.79 Å². The fourth-order valence-electron chi connectivity index (χ4n) is 6.07. The monoisotopic (exact) mass is 517 g/mol. The third-order valence-electron chi connectivity index (χ3n) is 8.24. The number of nitrogens with zero attached hydrogens (tertiary/aromatic N) is 5. The van der Waals surface area contributed by atoms with Gasteiger partial charge >= 0.3 is 0 Å². The van der Waals surface area contributed by atoms with Crippen molar-refractivity contribution in [1.82, 2.24) is 29.5 Å². The van der Waals surface area contributed by atoms with Gasteiger partial charge in [-0.25, -0.2) is 4.98 Å². The number of anilines is 1. The van der Waals surface area contributed by atoms with E-state index in [4.69, 9.17) is 11.6 Å². The Morgan fingerprint density at radius 3 is 2.73 bits per heavy atom. The summed E-state index contributed by atoms with van der Waals surface area (Å²) in [5.74, 6) is 1.35. The van der Waals surface area contributed by atoms with E-state index < -0.39 is 0 Å². The maximum atomic E-state index is 13.6. The zero-order valence-corrected chi connectivity index (χ0v) is 22.2. The first-order chi connectivity index (χ1) is 17.8. The first kappa shape index (κ1) is 24.1. The summed E-state index contributed by atoms with van der Waals surface area (Å²) in [5, 5.41) is 15.8. The summed E-state index contributed by atoms with van der Waals surface area (Å²) in [4.78, 5) is 18.0. The van der Waals surface area contributed by atoms with Crippen LogP contribution in [-0.2, 0) is 19.0 Å². The molecule has 192 valence electrons. The molecule has 2 fully saturated rings. The Kier molecular flexibility index (Phi) is 5.84. The lowest BCUT2D eigenvalue weighted by molar-refractivity contribution is 0.102. The van der Waals surface area contributed by atoms with Crippen LogP contribution in [0.15, 0.2) is 49.1 Å². The molecule has 0 bridgehead atoms. The number of pyridine rings is 1. The number of nitrogens with one attached hydrogen (secondary N) is 2. The highest BCUT2D eigenvalue weighted by Gasteiger charge is 2.48. The van der Waals surface area contributed by atoms with Crippen molar-refractivity contribution in [3.8, 4) is 0 Å². The number of carbonyl (C=O) groups excluding carboxylic acids is 1. The van der Waals surface area contributed by atoms with Gasteiger partial charge in [0, 0.05) is 31.0 Å². The van der Waals surface area contributed by atoms with E-state index in [2.05, 4.69) is 51.8 Å². The number of carbonyl (C=O) groups is 1. The minimum atomic E-state index is -0.212. The molecule has 2 saturated carbocycles. The summed E-state index contributed by atoms with van der Waals surface area (Å²) in [5.41, 5.74) is 3.87. The molecule has 4 aromatic rings. The molecule has 0 radical (unpaired) electrons. The lowest BCUT2D eigenvalue weighted by Crippen LogP contribution is -2.47. The van der Waals surface area contributed by atoms with E-state index in [0.29, 0.717) is 28.8 Å². The average molecular weight is 518 g/mol. The van der Waals surface area contributed by atoms with E-state index in [-0.39, 0.29) is 16.9 Å². The number of hydrogen-bond acceptors (Lipinski definition) is 5. The average Bonchev–Trinajstić information content (AvgIpc) is 3.44. The molecule has 3 aromatic heterocycles. The second-order valence-electron chi connectivity index (χ2n) is 11.2. The maximum Gasteiger partial charge on any atom is 0.259 e. The van der Waals surface area contributed by atoms with Gasteiger partial charge in [-0.1, -0.05) is 30.7 Å². The van der Waals surface area contributed by atoms with Gasteiger partial charge in [0.1, 0.15) is 17.3 Å². The molecule has 6 rings (SSSR count). The number of aryl methyl sites for hydroxylation is 1. The molecule has 1 aromatic carbocycles. The van der Waals surface area contributed by atoms with E-state index in [1.54, 1.807) is 16.9 Å². The molecule has 9 heteroatoms. The van der Waals surface area contributed by atoms with E-state index in [1.807, 2.05) is 36.0 Å². The van der Waals surface area contributed by atoms with Crippen LogP contribution in [0.4, 0.5) is 5.69 Å². The Balaban J connectivity index is 1.29. The van der Waals surface area contributed by atoms with Gasteiger partial charge in [-0.05, 0) is 74.3 Å². The van der Waals surface area contributed by atoms with Gasteiger partial charge in [-0.15, -0.1) is 10.2 Å². The van der Waals surface area contributed by atoms with Crippen molar-refractivity contribution in [1.29, 1.82) is 0 Å². The lowest BCUT2D eigenvalue weighted by Gasteiger charge is -2.46. The molecular formula is C28H32ClN7O. The normalized spacial score (nSPS) is 22.4. The van der Waals surface area contributed by atoms with Gasteiger partial charge in [-0.3, -0.25) is 9.20 Å². The Bertz CT molecular complexity index is 1480. The quantitative estimate of drug-likeness (QED) is 0.355. The number of rotatable bonds is 7. The third-order valence-corrected chi connectivity index (χ3v) is 8.52. The van der Waals surface area contributed by atoms with Crippen molar-refractivity contribution < 1.29 is 4.79 Å². The predicted molar refractivity (Wildman–Crippen MR) is 144 cm³/mol. The highest BCUT2D eigenvalue weighted by atomic mass is 35.5. The summed E-state index contributed by atoms with van der Waals surface area (Å²) >= 11 is 6.41. The largest absolute Gasteiger partial charge is 0.322 e. The van der Waals surface area contributed by atoms with Crippen molar-refractivity contribution in [2.75, 3.05) is 5.32 Å². The zero-order valence-electron chi connectivity index (χ0n) is 21.5. The van der Waals surface area contributed by atoms with Gasteiger partial charge in [0.2, 0.25) is 0 Å². The molecular weight excluding hydrogens is 486 g/mol. The minimum Gasteiger partial charge on any atom is -0.322 e. The topological polar surface area (TPSA) is 89.1 Å². The van der Waals surface area contributed by atoms with Gasteiger partial charge in [-0.2, -0.15) is 0 Å². The smallest absolute Gasteiger partial charge is 0.259 e. The second kappa shape index (κ2) is 8.96. The van der Waals surface area contributed by atoms with Crippen LogP contribution in [0.25, 0.3) is 5.65 Å². The van der Waals surface area contributed by atoms with Gasteiger partial charge in [0.05, 0.1) is 17.2 Å². The number of aromatic nitrogens is 5. The number of amides is 1. The molecule has 0 aliphatic heterocycles. The third kappa shape index (κ3) is 4.22. The molecule has 0 spiro atoms. The summed E-state index contributed by atoms with van der Waals surface area (Å²) in [6.07, 6.45) is 10.9. The van der Waals surface area contributed by atoms with Crippen LogP contribution in [-0.4, -0.2) is 35.6 Å². The van der Waals surface area contributed by atoms with Crippen molar-refractivity contribution in [2.45, 2.75) is 63.5 Å². The molecule has 1 amide bonds. The first-order valence-corrected chi connectivity index (χ1v) is 13.3. The molecule has 3 heterocycles. The van der Waals surface area contributed by atoms with E-state index in [0.717, 1.165) is 35.5 Å². The first-order valence-electron chi connectivity index (χ1n) is 12.9. The molecule has 37 heavy (non-hydrogen) atoms. The van der Waals surface area contributed by atoms with E-state index >= 15 is 0 Å². The van der Waals surface area contributed by atoms with Gasteiger partial charge < -0.3 is 15.2 Å². The maximum absolute atomic E-state index is 13.6. The lowest BCUT2D eigenvalue weighted by atomic mass is 9.58.